The molecule has 0 fully saturated rings. The fourth-order valence-electron chi connectivity index (χ4n) is 7.76. The lowest BCUT2D eigenvalue weighted by molar-refractivity contribution is 0.669. The third kappa shape index (κ3) is 3.75. The van der Waals surface area contributed by atoms with Gasteiger partial charge in [-0.25, -0.2) is 9.97 Å². The summed E-state index contributed by atoms with van der Waals surface area (Å²) in [6.45, 7) is 0. The number of hydrogen-bond donors (Lipinski definition) is 0. The lowest BCUT2D eigenvalue weighted by Crippen LogP contribution is -2.03. The summed E-state index contributed by atoms with van der Waals surface area (Å²) in [5.41, 5.74) is 10.1. The van der Waals surface area contributed by atoms with Gasteiger partial charge in [-0.05, 0) is 60.7 Å². The molecule has 11 aromatic rings. The Bertz CT molecular complexity index is 3110. The first-order valence-corrected chi connectivity index (χ1v) is 16.5. The van der Waals surface area contributed by atoms with Crippen LogP contribution in [0.5, 0.6) is 0 Å². The van der Waals surface area contributed by atoms with Gasteiger partial charge in [0.1, 0.15) is 11.2 Å². The maximum Gasteiger partial charge on any atom is 0.235 e. The van der Waals surface area contributed by atoms with E-state index in [-0.39, 0.29) is 0 Å². The minimum Gasteiger partial charge on any atom is -0.456 e. The topological polar surface area (TPSA) is 48.8 Å². The quantitative estimate of drug-likeness (QED) is 0.196. The van der Waals surface area contributed by atoms with Crippen LogP contribution in [0.4, 0.5) is 0 Å². The highest BCUT2D eigenvalue weighted by Gasteiger charge is 2.21. The maximum atomic E-state index is 6.30. The zero-order valence-electron chi connectivity index (χ0n) is 26.2. The van der Waals surface area contributed by atoms with Crippen LogP contribution in [-0.4, -0.2) is 19.1 Å². The Hall–Kier alpha value is -6.72. The highest BCUT2D eigenvalue weighted by atomic mass is 16.3. The third-order valence-electron chi connectivity index (χ3n) is 9.92. The molecule has 4 aromatic heterocycles. The smallest absolute Gasteiger partial charge is 0.235 e. The van der Waals surface area contributed by atoms with Crippen molar-refractivity contribution < 1.29 is 4.42 Å². The van der Waals surface area contributed by atoms with Crippen molar-refractivity contribution in [3.63, 3.8) is 0 Å². The summed E-state index contributed by atoms with van der Waals surface area (Å²) >= 11 is 0. The van der Waals surface area contributed by atoms with E-state index in [0.29, 0.717) is 5.95 Å². The molecule has 0 aliphatic rings. The summed E-state index contributed by atoms with van der Waals surface area (Å²) in [6, 6.07) is 55.4. The molecule has 0 aliphatic heterocycles. The fourth-order valence-corrected chi connectivity index (χ4v) is 7.76. The number of hydrogen-bond acceptors (Lipinski definition) is 3. The lowest BCUT2D eigenvalue weighted by Gasteiger charge is -2.12. The van der Waals surface area contributed by atoms with E-state index in [1.807, 2.05) is 30.3 Å². The molecule has 5 heteroatoms. The highest BCUT2D eigenvalue weighted by molar-refractivity contribution is 6.19. The minimum absolute atomic E-state index is 0.635. The summed E-state index contributed by atoms with van der Waals surface area (Å²) in [6.07, 6.45) is 0. The van der Waals surface area contributed by atoms with Gasteiger partial charge < -0.3 is 8.98 Å². The number of furan rings is 1. The largest absolute Gasteiger partial charge is 0.456 e. The van der Waals surface area contributed by atoms with Gasteiger partial charge in [-0.3, -0.25) is 4.57 Å². The van der Waals surface area contributed by atoms with E-state index in [4.69, 9.17) is 14.4 Å². The predicted octanol–water partition coefficient (Wildman–Crippen LogP) is 11.4. The molecule has 7 aromatic carbocycles. The second kappa shape index (κ2) is 9.89. The Morgan fingerprint density at radius 1 is 0.388 bits per heavy atom. The van der Waals surface area contributed by atoms with E-state index in [9.17, 15) is 0 Å². The van der Waals surface area contributed by atoms with Crippen molar-refractivity contribution in [1.82, 2.24) is 19.1 Å². The molecule has 228 valence electrons. The molecule has 0 saturated heterocycles. The van der Waals surface area contributed by atoms with Crippen molar-refractivity contribution in [2.24, 2.45) is 0 Å². The van der Waals surface area contributed by atoms with Crippen LogP contribution in [0.1, 0.15) is 0 Å². The maximum absolute atomic E-state index is 6.30. The molecule has 0 unspecified atom stereocenters. The molecule has 0 N–H and O–H groups in total. The van der Waals surface area contributed by atoms with E-state index in [1.165, 1.54) is 21.8 Å². The Morgan fingerprint density at radius 2 is 0.980 bits per heavy atom. The van der Waals surface area contributed by atoms with Gasteiger partial charge in [0.2, 0.25) is 5.95 Å². The van der Waals surface area contributed by atoms with Crippen LogP contribution >= 0.6 is 0 Å². The van der Waals surface area contributed by atoms with Crippen LogP contribution in [0.2, 0.25) is 0 Å². The summed E-state index contributed by atoms with van der Waals surface area (Å²) in [7, 11) is 0. The predicted molar refractivity (Wildman–Crippen MR) is 201 cm³/mol. The van der Waals surface area contributed by atoms with Crippen molar-refractivity contribution >= 4 is 76.5 Å². The van der Waals surface area contributed by atoms with Gasteiger partial charge in [0, 0.05) is 49.0 Å². The van der Waals surface area contributed by atoms with E-state index in [0.717, 1.165) is 71.6 Å². The number of nitrogens with zero attached hydrogens (tertiary/aromatic N) is 4. The summed E-state index contributed by atoms with van der Waals surface area (Å²) in [5.74, 6) is 0.635. The normalized spacial score (nSPS) is 12.1. The molecule has 5 nitrogen and oxygen atoms in total. The van der Waals surface area contributed by atoms with Gasteiger partial charge in [0.25, 0.3) is 0 Å². The monoisotopic (exact) mass is 626 g/mol. The van der Waals surface area contributed by atoms with Gasteiger partial charge in [0.15, 0.2) is 0 Å². The average molecular weight is 627 g/mol. The molecule has 49 heavy (non-hydrogen) atoms. The number of para-hydroxylation sites is 5. The molecule has 11 rings (SSSR count). The highest BCUT2D eigenvalue weighted by Crippen LogP contribution is 2.40. The van der Waals surface area contributed by atoms with E-state index < -0.39 is 0 Å². The van der Waals surface area contributed by atoms with Crippen LogP contribution in [0.15, 0.2) is 162 Å². The summed E-state index contributed by atoms with van der Waals surface area (Å²) < 4.78 is 10.9. The molecule has 0 radical (unpaired) electrons. The minimum atomic E-state index is 0.635. The SMILES string of the molecule is c1ccc(-n2c3ccccc3c3cc4c(cc32)c2ccccc2n4-c2nc(-c3ccc4c(c3)oc3ccccc34)c3ccccc3n2)cc1. The van der Waals surface area contributed by atoms with Gasteiger partial charge in [-0.1, -0.05) is 97.1 Å². The lowest BCUT2D eigenvalue weighted by atomic mass is 10.0. The number of rotatable bonds is 3. The Balaban J connectivity index is 1.22. The van der Waals surface area contributed by atoms with Gasteiger partial charge in [0.05, 0.1) is 33.3 Å². The Kier molecular flexibility index (Phi) is 5.32. The molecule has 0 amide bonds. The number of fused-ring (bicyclic) bond motifs is 10. The number of aromatic nitrogens is 4. The molecule has 0 saturated carbocycles. The van der Waals surface area contributed by atoms with Crippen LogP contribution in [-0.2, 0) is 0 Å². The summed E-state index contributed by atoms with van der Waals surface area (Å²) in [5, 5.41) is 7.92. The molecule has 0 spiro atoms. The second-order valence-electron chi connectivity index (χ2n) is 12.6. The third-order valence-corrected chi connectivity index (χ3v) is 9.92. The van der Waals surface area contributed by atoms with Crippen molar-refractivity contribution in [2.75, 3.05) is 0 Å². The van der Waals surface area contributed by atoms with Gasteiger partial charge >= 0.3 is 0 Å². The molecule has 0 aliphatic carbocycles. The first-order chi connectivity index (χ1) is 24.3. The zero-order chi connectivity index (χ0) is 32.1. The van der Waals surface area contributed by atoms with Crippen molar-refractivity contribution in [1.29, 1.82) is 0 Å². The Morgan fingerprint density at radius 3 is 1.76 bits per heavy atom. The van der Waals surface area contributed by atoms with E-state index >= 15 is 0 Å². The van der Waals surface area contributed by atoms with Gasteiger partial charge in [-0.2, -0.15) is 0 Å². The molecule has 4 heterocycles. The standard InChI is InChI=1S/C44H26N4O/c1-2-12-28(13-3-1)47-37-19-9-5-14-29(37)34-26-40-35(25-39(34)47)30-15-6-10-20-38(30)48(40)44-45-36-18-8-4-17-33(36)43(46-44)27-22-23-32-31-16-7-11-21-41(31)49-42(32)24-27/h1-26H. The Labute approximate surface area is 279 Å². The van der Waals surface area contributed by atoms with Crippen molar-refractivity contribution in [3.8, 4) is 22.9 Å². The van der Waals surface area contributed by atoms with Crippen molar-refractivity contribution in [3.05, 3.63) is 158 Å². The zero-order valence-corrected chi connectivity index (χ0v) is 26.2. The van der Waals surface area contributed by atoms with Crippen LogP contribution in [0, 0.1) is 0 Å². The van der Waals surface area contributed by atoms with Gasteiger partial charge in [-0.15, -0.1) is 0 Å². The first-order valence-electron chi connectivity index (χ1n) is 16.5. The van der Waals surface area contributed by atoms with Crippen LogP contribution in [0.25, 0.3) is 99.3 Å². The van der Waals surface area contributed by atoms with Crippen molar-refractivity contribution in [2.45, 2.75) is 0 Å². The fraction of sp³-hybridized carbons (Fsp3) is 0. The number of benzene rings is 7. The molecule has 0 atom stereocenters. The molecular formula is C44H26N4O. The first kappa shape index (κ1) is 26.4. The summed E-state index contributed by atoms with van der Waals surface area (Å²) in [4.78, 5) is 10.6. The molecular weight excluding hydrogens is 601 g/mol. The van der Waals surface area contributed by atoms with E-state index in [1.54, 1.807) is 0 Å². The van der Waals surface area contributed by atoms with Crippen LogP contribution in [0.3, 0.4) is 0 Å². The van der Waals surface area contributed by atoms with E-state index in [2.05, 4.69) is 137 Å². The average Bonchev–Trinajstić information content (AvgIpc) is 3.81. The van der Waals surface area contributed by atoms with Crippen LogP contribution < -0.4 is 0 Å². The second-order valence-corrected chi connectivity index (χ2v) is 12.6. The molecule has 0 bridgehead atoms.